The summed E-state index contributed by atoms with van der Waals surface area (Å²) in [5.41, 5.74) is -0.402. The molecular weight excluding hydrogens is 314 g/mol. The van der Waals surface area contributed by atoms with Crippen LogP contribution in [0.3, 0.4) is 0 Å². The Balaban J connectivity index is 1.58. The van der Waals surface area contributed by atoms with Crippen LogP contribution < -0.4 is 10.4 Å². The van der Waals surface area contributed by atoms with Gasteiger partial charge in [0, 0.05) is 36.9 Å². The first-order chi connectivity index (χ1) is 11.0. The van der Waals surface area contributed by atoms with Gasteiger partial charge in [0.2, 0.25) is 0 Å². The normalized spacial score (nSPS) is 15.7. The molecule has 122 valence electrons. The van der Waals surface area contributed by atoms with Crippen LogP contribution in [0.15, 0.2) is 33.5 Å². The topological polar surface area (TPSA) is 59.8 Å². The van der Waals surface area contributed by atoms with E-state index in [1.165, 1.54) is 17.4 Å². The van der Waals surface area contributed by atoms with Crippen molar-refractivity contribution in [3.63, 3.8) is 0 Å². The number of hydrogen-bond acceptors (Lipinski definition) is 5. The van der Waals surface area contributed by atoms with E-state index in [0.29, 0.717) is 24.6 Å². The largest absolute Gasteiger partial charge is 0.490 e. The van der Waals surface area contributed by atoms with Gasteiger partial charge in [-0.05, 0) is 26.0 Å². The summed E-state index contributed by atoms with van der Waals surface area (Å²) < 4.78 is 10.8. The second kappa shape index (κ2) is 6.58. The molecule has 3 rings (SSSR count). The van der Waals surface area contributed by atoms with Crippen LogP contribution >= 0.6 is 11.3 Å². The van der Waals surface area contributed by atoms with E-state index in [0.717, 1.165) is 22.6 Å². The summed E-state index contributed by atoms with van der Waals surface area (Å²) in [6, 6.07) is 6.93. The van der Waals surface area contributed by atoms with E-state index in [2.05, 4.69) is 0 Å². The molecule has 2 aromatic heterocycles. The lowest BCUT2D eigenvalue weighted by molar-refractivity contribution is 0.0599. The van der Waals surface area contributed by atoms with Crippen molar-refractivity contribution in [1.82, 2.24) is 4.90 Å². The van der Waals surface area contributed by atoms with Crippen LogP contribution in [-0.2, 0) is 0 Å². The maximum atomic E-state index is 12.4. The Labute approximate surface area is 138 Å². The number of aryl methyl sites for hydroxylation is 2. The summed E-state index contributed by atoms with van der Waals surface area (Å²) in [5, 5.41) is 0. The Morgan fingerprint density at radius 2 is 2.00 bits per heavy atom. The van der Waals surface area contributed by atoms with Gasteiger partial charge in [-0.2, -0.15) is 0 Å². The fraction of sp³-hybridized carbons (Fsp3) is 0.412. The molecule has 5 nitrogen and oxygen atoms in total. The van der Waals surface area contributed by atoms with Crippen LogP contribution in [0, 0.1) is 13.8 Å². The molecule has 0 saturated carbocycles. The van der Waals surface area contributed by atoms with E-state index in [-0.39, 0.29) is 12.0 Å². The maximum absolute atomic E-state index is 12.4. The van der Waals surface area contributed by atoms with Crippen LogP contribution in [0.4, 0.5) is 0 Å². The fourth-order valence-corrected chi connectivity index (χ4v) is 3.55. The average molecular weight is 333 g/mol. The lowest BCUT2D eigenvalue weighted by Crippen LogP contribution is -2.41. The van der Waals surface area contributed by atoms with E-state index < -0.39 is 5.63 Å². The summed E-state index contributed by atoms with van der Waals surface area (Å²) in [4.78, 5) is 27.6. The molecular formula is C17H19NO4S. The molecule has 0 N–H and O–H groups in total. The lowest BCUT2D eigenvalue weighted by atomic mass is 10.1. The third kappa shape index (κ3) is 3.82. The quantitative estimate of drug-likeness (QED) is 0.866. The van der Waals surface area contributed by atoms with Crippen molar-refractivity contribution in [2.45, 2.75) is 32.8 Å². The van der Waals surface area contributed by atoms with Crippen molar-refractivity contribution < 1.29 is 13.9 Å². The molecule has 1 aliphatic rings. The highest BCUT2D eigenvalue weighted by Gasteiger charge is 2.25. The van der Waals surface area contributed by atoms with Crippen LogP contribution in [0.5, 0.6) is 5.75 Å². The zero-order valence-electron chi connectivity index (χ0n) is 13.2. The minimum atomic E-state index is -0.402. The first-order valence-corrected chi connectivity index (χ1v) is 8.47. The first-order valence-electron chi connectivity index (χ1n) is 7.65. The first kappa shape index (κ1) is 15.8. The van der Waals surface area contributed by atoms with Crippen molar-refractivity contribution in [2.24, 2.45) is 0 Å². The number of carbonyl (C=O) groups excluding carboxylic acids is 1. The monoisotopic (exact) mass is 333 g/mol. The number of hydrogen-bond donors (Lipinski definition) is 0. The lowest BCUT2D eigenvalue weighted by Gasteiger charge is -2.31. The summed E-state index contributed by atoms with van der Waals surface area (Å²) in [5.74, 6) is 1.17. The fourth-order valence-electron chi connectivity index (χ4n) is 2.72. The molecule has 6 heteroatoms. The molecule has 0 spiro atoms. The van der Waals surface area contributed by atoms with Gasteiger partial charge in [0.1, 0.15) is 17.6 Å². The van der Waals surface area contributed by atoms with Crippen LogP contribution in [-0.4, -0.2) is 30.0 Å². The van der Waals surface area contributed by atoms with Gasteiger partial charge in [-0.25, -0.2) is 4.79 Å². The van der Waals surface area contributed by atoms with Gasteiger partial charge in [0.25, 0.3) is 5.91 Å². The van der Waals surface area contributed by atoms with Gasteiger partial charge < -0.3 is 14.1 Å². The summed E-state index contributed by atoms with van der Waals surface area (Å²) in [6.07, 6.45) is 1.54. The molecule has 0 aliphatic carbocycles. The second-order valence-electron chi connectivity index (χ2n) is 5.74. The van der Waals surface area contributed by atoms with Gasteiger partial charge >= 0.3 is 5.63 Å². The van der Waals surface area contributed by atoms with E-state index in [9.17, 15) is 9.59 Å². The summed E-state index contributed by atoms with van der Waals surface area (Å²) in [6.45, 7) is 5.06. The molecule has 23 heavy (non-hydrogen) atoms. The number of piperidine rings is 1. The van der Waals surface area contributed by atoms with Crippen molar-refractivity contribution >= 4 is 17.2 Å². The van der Waals surface area contributed by atoms with Crippen molar-refractivity contribution in [3.05, 3.63) is 50.2 Å². The average Bonchev–Trinajstić information content (AvgIpc) is 2.93. The molecule has 1 aliphatic heterocycles. The Hall–Kier alpha value is -2.08. The SMILES string of the molecule is Cc1cc(OC2CCN(C(=O)c3ccc(C)s3)CC2)cc(=O)o1. The Kier molecular flexibility index (Phi) is 4.52. The maximum Gasteiger partial charge on any atom is 0.339 e. The molecule has 1 fully saturated rings. The second-order valence-corrected chi connectivity index (χ2v) is 7.03. The van der Waals surface area contributed by atoms with Gasteiger partial charge in [0.05, 0.1) is 10.9 Å². The van der Waals surface area contributed by atoms with Crippen LogP contribution in [0.25, 0.3) is 0 Å². The highest BCUT2D eigenvalue weighted by atomic mass is 32.1. The highest BCUT2D eigenvalue weighted by Crippen LogP contribution is 2.22. The minimum Gasteiger partial charge on any atom is -0.490 e. The third-order valence-electron chi connectivity index (χ3n) is 3.85. The molecule has 3 heterocycles. The molecule has 0 unspecified atom stereocenters. The van der Waals surface area contributed by atoms with Gasteiger partial charge in [-0.3, -0.25) is 4.79 Å². The number of amides is 1. The molecule has 2 aromatic rings. The van der Waals surface area contributed by atoms with E-state index in [1.54, 1.807) is 13.0 Å². The van der Waals surface area contributed by atoms with Gasteiger partial charge in [-0.15, -0.1) is 11.3 Å². The standard InChI is InChI=1S/C17H19NO4S/c1-11-9-14(10-16(19)21-11)22-13-5-7-18(8-6-13)17(20)15-4-3-12(2)23-15/h3-4,9-10,13H,5-8H2,1-2H3. The summed E-state index contributed by atoms with van der Waals surface area (Å²) >= 11 is 1.53. The number of likely N-dealkylation sites (tertiary alicyclic amines) is 1. The van der Waals surface area contributed by atoms with Gasteiger partial charge in [-0.1, -0.05) is 0 Å². The number of carbonyl (C=O) groups is 1. The Morgan fingerprint density at radius 3 is 2.61 bits per heavy atom. The molecule has 0 aromatic carbocycles. The van der Waals surface area contributed by atoms with E-state index in [1.807, 2.05) is 24.0 Å². The molecule has 0 bridgehead atoms. The molecule has 0 radical (unpaired) electrons. The van der Waals surface area contributed by atoms with E-state index >= 15 is 0 Å². The van der Waals surface area contributed by atoms with Gasteiger partial charge in [0.15, 0.2) is 0 Å². The predicted molar refractivity (Wildman–Crippen MR) is 88.3 cm³/mol. The van der Waals surface area contributed by atoms with Crippen LogP contribution in [0.2, 0.25) is 0 Å². The minimum absolute atomic E-state index is 0.0188. The number of rotatable bonds is 3. The zero-order chi connectivity index (χ0) is 16.4. The number of ether oxygens (including phenoxy) is 1. The Morgan fingerprint density at radius 1 is 1.26 bits per heavy atom. The highest BCUT2D eigenvalue weighted by molar-refractivity contribution is 7.13. The zero-order valence-corrected chi connectivity index (χ0v) is 14.0. The molecule has 1 amide bonds. The smallest absolute Gasteiger partial charge is 0.339 e. The van der Waals surface area contributed by atoms with Crippen molar-refractivity contribution in [1.29, 1.82) is 0 Å². The third-order valence-corrected chi connectivity index (χ3v) is 4.84. The van der Waals surface area contributed by atoms with Crippen molar-refractivity contribution in [3.8, 4) is 5.75 Å². The van der Waals surface area contributed by atoms with E-state index in [4.69, 9.17) is 9.15 Å². The molecule has 1 saturated heterocycles. The van der Waals surface area contributed by atoms with Crippen molar-refractivity contribution in [2.75, 3.05) is 13.1 Å². The number of thiophene rings is 1. The van der Waals surface area contributed by atoms with Crippen LogP contribution in [0.1, 0.15) is 33.2 Å². The number of nitrogens with zero attached hydrogens (tertiary/aromatic N) is 1. The summed E-state index contributed by atoms with van der Waals surface area (Å²) in [7, 11) is 0. The molecule has 0 atom stereocenters. The predicted octanol–water partition coefficient (Wildman–Crippen LogP) is 3.00. The Bertz CT molecular complexity index is 756.